The van der Waals surface area contributed by atoms with E-state index >= 15 is 0 Å². The molecule has 1 aliphatic heterocycles. The zero-order valence-electron chi connectivity index (χ0n) is 15.8. The Morgan fingerprint density at radius 3 is 2.80 bits per heavy atom. The molecule has 0 amide bonds. The van der Waals surface area contributed by atoms with E-state index in [1.165, 1.54) is 0 Å². The zero-order chi connectivity index (χ0) is 18.1. The molecule has 1 N–H and O–H groups in total. The van der Waals surface area contributed by atoms with Gasteiger partial charge in [-0.05, 0) is 32.4 Å². The molecule has 0 aromatic heterocycles. The van der Waals surface area contributed by atoms with Crippen LogP contribution in [0, 0.1) is 5.92 Å². The van der Waals surface area contributed by atoms with Crippen LogP contribution in [0.3, 0.4) is 0 Å². The van der Waals surface area contributed by atoms with Gasteiger partial charge in [0.15, 0.2) is 17.5 Å². The predicted molar refractivity (Wildman–Crippen MR) is 101 cm³/mol. The molecule has 6 nitrogen and oxygen atoms in total. The van der Waals surface area contributed by atoms with Gasteiger partial charge in [0.25, 0.3) is 0 Å². The van der Waals surface area contributed by atoms with Crippen molar-refractivity contribution in [3.05, 3.63) is 24.3 Å². The molecule has 0 saturated carbocycles. The Kier molecular flexibility index (Phi) is 7.85. The fourth-order valence-corrected chi connectivity index (χ4v) is 2.86. The van der Waals surface area contributed by atoms with Crippen LogP contribution in [-0.4, -0.2) is 64.0 Å². The minimum Gasteiger partial charge on any atom is -0.493 e. The highest BCUT2D eigenvalue weighted by Crippen LogP contribution is 2.26. The van der Waals surface area contributed by atoms with Crippen LogP contribution in [0.5, 0.6) is 11.5 Å². The number of hydrogen-bond donors (Lipinski definition) is 1. The first-order valence-electron chi connectivity index (χ1n) is 9.00. The summed E-state index contributed by atoms with van der Waals surface area (Å²) >= 11 is 0. The first-order valence-corrected chi connectivity index (χ1v) is 9.00. The van der Waals surface area contributed by atoms with Crippen LogP contribution in [0.25, 0.3) is 0 Å². The van der Waals surface area contributed by atoms with Crippen molar-refractivity contribution in [2.24, 2.45) is 10.9 Å². The average Bonchev–Trinajstić information content (AvgIpc) is 3.12. The highest BCUT2D eigenvalue weighted by molar-refractivity contribution is 5.79. The predicted octanol–water partition coefficient (Wildman–Crippen LogP) is 2.40. The lowest BCUT2D eigenvalue weighted by Gasteiger charge is -2.25. The van der Waals surface area contributed by atoms with E-state index in [2.05, 4.69) is 24.2 Å². The van der Waals surface area contributed by atoms with Gasteiger partial charge in [0.05, 0.1) is 20.3 Å². The molecular formula is C19H31N3O3. The summed E-state index contributed by atoms with van der Waals surface area (Å²) in [7, 11) is 3.72. The highest BCUT2D eigenvalue weighted by Gasteiger charge is 2.19. The van der Waals surface area contributed by atoms with Crippen molar-refractivity contribution in [1.82, 2.24) is 10.2 Å². The molecule has 25 heavy (non-hydrogen) atoms. The van der Waals surface area contributed by atoms with Gasteiger partial charge in [-0.1, -0.05) is 12.1 Å². The Morgan fingerprint density at radius 1 is 1.40 bits per heavy atom. The molecular weight excluding hydrogens is 318 g/mol. The maximum Gasteiger partial charge on any atom is 0.193 e. The molecule has 2 atom stereocenters. The van der Waals surface area contributed by atoms with E-state index in [9.17, 15) is 0 Å². The molecule has 1 heterocycles. The Balaban J connectivity index is 1.92. The van der Waals surface area contributed by atoms with Crippen molar-refractivity contribution < 1.29 is 14.2 Å². The Morgan fingerprint density at radius 2 is 2.16 bits per heavy atom. The topological polar surface area (TPSA) is 55.3 Å². The van der Waals surface area contributed by atoms with Gasteiger partial charge in [0.2, 0.25) is 0 Å². The number of para-hydroxylation sites is 2. The molecule has 0 spiro atoms. The summed E-state index contributed by atoms with van der Waals surface area (Å²) in [5, 5.41) is 3.35. The first-order chi connectivity index (χ1) is 12.1. The van der Waals surface area contributed by atoms with Crippen molar-refractivity contribution in [3.8, 4) is 11.5 Å². The fraction of sp³-hybridized carbons (Fsp3) is 0.632. The number of rotatable bonds is 8. The number of guanidine groups is 1. The number of benzene rings is 1. The summed E-state index contributed by atoms with van der Waals surface area (Å²) in [6.07, 6.45) is 1.07. The molecule has 1 saturated heterocycles. The van der Waals surface area contributed by atoms with E-state index in [1.807, 2.05) is 31.2 Å². The molecule has 1 aromatic carbocycles. The normalized spacial score (nSPS) is 18.7. The summed E-state index contributed by atoms with van der Waals surface area (Å²) < 4.78 is 16.8. The van der Waals surface area contributed by atoms with Crippen molar-refractivity contribution in [2.75, 3.05) is 47.0 Å². The average molecular weight is 349 g/mol. The molecule has 0 bridgehead atoms. The Labute approximate surface area is 151 Å². The van der Waals surface area contributed by atoms with Crippen molar-refractivity contribution >= 4 is 5.96 Å². The van der Waals surface area contributed by atoms with Gasteiger partial charge in [-0.3, -0.25) is 0 Å². The second-order valence-corrected chi connectivity index (χ2v) is 6.38. The van der Waals surface area contributed by atoms with Crippen molar-refractivity contribution in [3.63, 3.8) is 0 Å². The van der Waals surface area contributed by atoms with Crippen LogP contribution in [0.4, 0.5) is 0 Å². The van der Waals surface area contributed by atoms with Crippen LogP contribution in [0.1, 0.15) is 20.3 Å². The summed E-state index contributed by atoms with van der Waals surface area (Å²) in [6.45, 7) is 8.18. The highest BCUT2D eigenvalue weighted by atomic mass is 16.5. The quantitative estimate of drug-likeness (QED) is 0.577. The third kappa shape index (κ3) is 6.12. The lowest BCUT2D eigenvalue weighted by Crippen LogP contribution is -2.42. The van der Waals surface area contributed by atoms with Crippen molar-refractivity contribution in [1.29, 1.82) is 0 Å². The molecule has 2 rings (SSSR count). The third-order valence-corrected chi connectivity index (χ3v) is 4.15. The van der Waals surface area contributed by atoms with Crippen LogP contribution in [-0.2, 0) is 4.74 Å². The molecule has 1 aromatic rings. The van der Waals surface area contributed by atoms with Crippen molar-refractivity contribution in [2.45, 2.75) is 26.4 Å². The smallest absolute Gasteiger partial charge is 0.193 e. The lowest BCUT2D eigenvalue weighted by molar-refractivity contribution is 0.181. The lowest BCUT2D eigenvalue weighted by atomic mass is 10.1. The van der Waals surface area contributed by atoms with E-state index in [0.717, 1.165) is 50.2 Å². The summed E-state index contributed by atoms with van der Waals surface area (Å²) in [6, 6.07) is 7.68. The zero-order valence-corrected chi connectivity index (χ0v) is 15.8. The van der Waals surface area contributed by atoms with Gasteiger partial charge in [0.1, 0.15) is 6.10 Å². The van der Waals surface area contributed by atoms with Crippen LogP contribution >= 0.6 is 0 Å². The second kappa shape index (κ2) is 10.1. The van der Waals surface area contributed by atoms with Crippen LogP contribution in [0.15, 0.2) is 29.3 Å². The van der Waals surface area contributed by atoms with Gasteiger partial charge in [-0.2, -0.15) is 0 Å². The fourth-order valence-electron chi connectivity index (χ4n) is 2.86. The van der Waals surface area contributed by atoms with Gasteiger partial charge in [0, 0.05) is 32.7 Å². The molecule has 1 fully saturated rings. The largest absolute Gasteiger partial charge is 0.493 e. The maximum absolute atomic E-state index is 5.98. The minimum absolute atomic E-state index is 0.0480. The molecule has 0 aliphatic carbocycles. The van der Waals surface area contributed by atoms with Crippen LogP contribution < -0.4 is 14.8 Å². The third-order valence-electron chi connectivity index (χ3n) is 4.15. The monoisotopic (exact) mass is 349 g/mol. The second-order valence-electron chi connectivity index (χ2n) is 6.38. The molecule has 140 valence electrons. The Bertz CT molecular complexity index is 544. The van der Waals surface area contributed by atoms with E-state index in [-0.39, 0.29) is 6.10 Å². The number of methoxy groups -OCH3 is 1. The molecule has 0 radical (unpaired) electrons. The SMILES string of the molecule is CCNC(=NCC(C)Oc1ccccc1OC)N(C)CC1CCOC1. The van der Waals surface area contributed by atoms with Gasteiger partial charge in [-0.25, -0.2) is 4.99 Å². The minimum atomic E-state index is -0.0480. The van der Waals surface area contributed by atoms with Crippen LogP contribution in [0.2, 0.25) is 0 Å². The number of ether oxygens (including phenoxy) is 3. The van der Waals surface area contributed by atoms with E-state index in [0.29, 0.717) is 12.5 Å². The molecule has 1 aliphatic rings. The Hall–Kier alpha value is -1.95. The van der Waals surface area contributed by atoms with E-state index < -0.39 is 0 Å². The maximum atomic E-state index is 5.98. The van der Waals surface area contributed by atoms with Gasteiger partial charge < -0.3 is 24.4 Å². The van der Waals surface area contributed by atoms with Gasteiger partial charge in [-0.15, -0.1) is 0 Å². The molecule has 6 heteroatoms. The van der Waals surface area contributed by atoms with Gasteiger partial charge >= 0.3 is 0 Å². The summed E-state index contributed by atoms with van der Waals surface area (Å²) in [4.78, 5) is 6.91. The number of hydrogen-bond acceptors (Lipinski definition) is 4. The van der Waals surface area contributed by atoms with E-state index in [4.69, 9.17) is 19.2 Å². The number of aliphatic imine (C=N–C) groups is 1. The number of nitrogens with zero attached hydrogens (tertiary/aromatic N) is 2. The summed E-state index contributed by atoms with van der Waals surface area (Å²) in [5.74, 6) is 2.97. The first kappa shape index (κ1) is 19.4. The standard InChI is InChI=1S/C19H31N3O3/c1-5-20-19(22(3)13-16-10-11-24-14-16)21-12-15(2)25-18-9-7-6-8-17(18)23-4/h6-9,15-16H,5,10-14H2,1-4H3,(H,20,21). The number of nitrogens with one attached hydrogen (secondary N) is 1. The van der Waals surface area contributed by atoms with E-state index in [1.54, 1.807) is 7.11 Å². The summed E-state index contributed by atoms with van der Waals surface area (Å²) in [5.41, 5.74) is 0. The molecule has 2 unspecified atom stereocenters.